The van der Waals surface area contributed by atoms with E-state index in [4.69, 9.17) is 14.2 Å². The smallest absolute Gasteiger partial charge is 0.346 e. The highest BCUT2D eigenvalue weighted by molar-refractivity contribution is 6.22. The fourth-order valence-corrected chi connectivity index (χ4v) is 2.52. The van der Waals surface area contributed by atoms with Crippen LogP contribution in [-0.4, -0.2) is 32.3 Å². The summed E-state index contributed by atoms with van der Waals surface area (Å²) in [7, 11) is 1.51. The van der Waals surface area contributed by atoms with Crippen LogP contribution in [0.3, 0.4) is 0 Å². The molecule has 23 heavy (non-hydrogen) atoms. The Kier molecular flexibility index (Phi) is 5.57. The van der Waals surface area contributed by atoms with Gasteiger partial charge in [-0.1, -0.05) is 24.3 Å². The summed E-state index contributed by atoms with van der Waals surface area (Å²) >= 11 is 0. The monoisotopic (exact) mass is 316 g/mol. The van der Waals surface area contributed by atoms with E-state index in [0.29, 0.717) is 17.8 Å². The molecular formula is C18H20O5. The van der Waals surface area contributed by atoms with Gasteiger partial charge in [0.25, 0.3) is 0 Å². The zero-order chi connectivity index (χ0) is 16.8. The number of fused-ring (bicyclic) bond motifs is 1. The largest absolute Gasteiger partial charge is 0.496 e. The number of methoxy groups -OCH3 is 1. The predicted molar refractivity (Wildman–Crippen MR) is 85.4 cm³/mol. The van der Waals surface area contributed by atoms with Crippen molar-refractivity contribution in [2.45, 2.75) is 20.3 Å². The summed E-state index contributed by atoms with van der Waals surface area (Å²) in [5.41, 5.74) is 2.08. The third kappa shape index (κ3) is 3.44. The van der Waals surface area contributed by atoms with E-state index in [2.05, 4.69) is 0 Å². The summed E-state index contributed by atoms with van der Waals surface area (Å²) < 4.78 is 15.5. The van der Waals surface area contributed by atoms with Gasteiger partial charge in [-0.3, -0.25) is 0 Å². The standard InChI is InChI=1S/C18H20O5/c1-4-22-17(19)16(18(20)23-5-2)15-13-9-7-6-8-12(13)10-11-14(15)21-3/h6-9,11H,4-5,10H2,1-3H3. The van der Waals surface area contributed by atoms with E-state index in [9.17, 15) is 9.59 Å². The van der Waals surface area contributed by atoms with Crippen molar-refractivity contribution in [1.29, 1.82) is 0 Å². The van der Waals surface area contributed by atoms with Crippen LogP contribution in [0.25, 0.3) is 5.57 Å². The van der Waals surface area contributed by atoms with Crippen molar-refractivity contribution in [3.05, 3.63) is 52.8 Å². The van der Waals surface area contributed by atoms with Crippen molar-refractivity contribution in [2.75, 3.05) is 20.3 Å². The van der Waals surface area contributed by atoms with E-state index in [-0.39, 0.29) is 18.8 Å². The Labute approximate surface area is 135 Å². The number of esters is 2. The highest BCUT2D eigenvalue weighted by atomic mass is 16.6. The van der Waals surface area contributed by atoms with E-state index >= 15 is 0 Å². The summed E-state index contributed by atoms with van der Waals surface area (Å²) in [5, 5.41) is 0. The van der Waals surface area contributed by atoms with E-state index in [1.165, 1.54) is 7.11 Å². The molecule has 5 nitrogen and oxygen atoms in total. The number of rotatable bonds is 5. The minimum Gasteiger partial charge on any atom is -0.496 e. The lowest BCUT2D eigenvalue weighted by Crippen LogP contribution is -2.22. The molecule has 1 aromatic rings. The summed E-state index contributed by atoms with van der Waals surface area (Å²) in [6, 6.07) is 7.57. The van der Waals surface area contributed by atoms with Crippen LogP contribution >= 0.6 is 0 Å². The van der Waals surface area contributed by atoms with Crippen molar-refractivity contribution >= 4 is 17.5 Å². The molecule has 5 heteroatoms. The second-order valence-electron chi connectivity index (χ2n) is 4.82. The lowest BCUT2D eigenvalue weighted by atomic mass is 9.88. The molecule has 0 aliphatic heterocycles. The fourth-order valence-electron chi connectivity index (χ4n) is 2.52. The topological polar surface area (TPSA) is 61.8 Å². The molecule has 0 atom stereocenters. The third-order valence-electron chi connectivity index (χ3n) is 3.47. The Bertz CT molecular complexity index is 650. The summed E-state index contributed by atoms with van der Waals surface area (Å²) in [5.74, 6) is -0.944. The molecule has 1 aromatic carbocycles. The quantitative estimate of drug-likeness (QED) is 0.362. The van der Waals surface area contributed by atoms with Gasteiger partial charge in [0, 0.05) is 5.57 Å². The SMILES string of the molecule is CCOC(=O)C(C(=O)OCC)=C1C(OC)=CCc2ccccc21. The molecule has 0 unspecified atom stereocenters. The lowest BCUT2D eigenvalue weighted by Gasteiger charge is -2.22. The van der Waals surface area contributed by atoms with Gasteiger partial charge in [-0.2, -0.15) is 0 Å². The molecule has 1 aliphatic carbocycles. The Morgan fingerprint density at radius 2 is 1.65 bits per heavy atom. The molecule has 0 saturated carbocycles. The summed E-state index contributed by atoms with van der Waals surface area (Å²) in [6.45, 7) is 3.71. The van der Waals surface area contributed by atoms with Crippen LogP contribution in [-0.2, 0) is 30.2 Å². The van der Waals surface area contributed by atoms with Crippen LogP contribution in [0.5, 0.6) is 0 Å². The molecule has 2 rings (SSSR count). The molecule has 0 fully saturated rings. The van der Waals surface area contributed by atoms with Gasteiger partial charge in [-0.25, -0.2) is 9.59 Å². The summed E-state index contributed by atoms with van der Waals surface area (Å²) in [4.78, 5) is 24.7. The van der Waals surface area contributed by atoms with Gasteiger partial charge in [0.2, 0.25) is 0 Å². The number of hydrogen-bond donors (Lipinski definition) is 0. The molecule has 0 bridgehead atoms. The maximum absolute atomic E-state index is 12.4. The minimum absolute atomic E-state index is 0.131. The number of carbonyl (C=O) groups excluding carboxylic acids is 2. The van der Waals surface area contributed by atoms with E-state index in [1.54, 1.807) is 13.8 Å². The zero-order valence-electron chi connectivity index (χ0n) is 13.5. The van der Waals surface area contributed by atoms with Crippen molar-refractivity contribution < 1.29 is 23.8 Å². The van der Waals surface area contributed by atoms with Gasteiger partial charge >= 0.3 is 11.9 Å². The maximum atomic E-state index is 12.4. The predicted octanol–water partition coefficient (Wildman–Crippen LogP) is 2.65. The molecule has 0 amide bonds. The Hall–Kier alpha value is -2.56. The first-order valence-corrected chi connectivity index (χ1v) is 7.55. The molecule has 0 spiro atoms. The molecule has 0 saturated heterocycles. The molecule has 0 N–H and O–H groups in total. The highest BCUT2D eigenvalue weighted by Gasteiger charge is 2.31. The molecule has 0 radical (unpaired) electrons. The van der Waals surface area contributed by atoms with Gasteiger partial charge in [0.15, 0.2) is 5.57 Å². The van der Waals surface area contributed by atoms with Gasteiger partial charge in [-0.05, 0) is 37.5 Å². The second kappa shape index (κ2) is 7.63. The first kappa shape index (κ1) is 16.8. The minimum atomic E-state index is -0.708. The molecule has 1 aliphatic rings. The maximum Gasteiger partial charge on any atom is 0.346 e. The van der Waals surface area contributed by atoms with Crippen molar-refractivity contribution in [3.8, 4) is 0 Å². The molecule has 0 heterocycles. The van der Waals surface area contributed by atoms with Gasteiger partial charge in [-0.15, -0.1) is 0 Å². The van der Waals surface area contributed by atoms with Gasteiger partial charge in [0.1, 0.15) is 5.76 Å². The summed E-state index contributed by atoms with van der Waals surface area (Å²) in [6.07, 6.45) is 2.51. The average Bonchev–Trinajstić information content (AvgIpc) is 2.55. The van der Waals surface area contributed by atoms with Crippen LogP contribution in [0.15, 0.2) is 41.7 Å². The number of ether oxygens (including phenoxy) is 3. The van der Waals surface area contributed by atoms with Crippen LogP contribution in [0, 0.1) is 0 Å². The van der Waals surface area contributed by atoms with Crippen LogP contribution in [0.2, 0.25) is 0 Å². The van der Waals surface area contributed by atoms with Crippen LogP contribution < -0.4 is 0 Å². The molecular weight excluding hydrogens is 296 g/mol. The van der Waals surface area contributed by atoms with E-state index in [1.807, 2.05) is 30.3 Å². The number of benzene rings is 1. The average molecular weight is 316 g/mol. The second-order valence-corrected chi connectivity index (χ2v) is 4.82. The Balaban J connectivity index is 2.69. The normalized spacial score (nSPS) is 12.8. The number of allylic oxidation sites excluding steroid dienone is 2. The van der Waals surface area contributed by atoms with Crippen LogP contribution in [0.4, 0.5) is 0 Å². The lowest BCUT2D eigenvalue weighted by molar-refractivity contribution is -0.146. The molecule has 0 aromatic heterocycles. The molecule has 122 valence electrons. The number of hydrogen-bond acceptors (Lipinski definition) is 5. The van der Waals surface area contributed by atoms with Crippen LogP contribution in [0.1, 0.15) is 25.0 Å². The van der Waals surface area contributed by atoms with Crippen molar-refractivity contribution in [3.63, 3.8) is 0 Å². The zero-order valence-corrected chi connectivity index (χ0v) is 13.5. The Morgan fingerprint density at radius 1 is 1.04 bits per heavy atom. The highest BCUT2D eigenvalue weighted by Crippen LogP contribution is 2.35. The first-order valence-electron chi connectivity index (χ1n) is 7.55. The third-order valence-corrected chi connectivity index (χ3v) is 3.47. The van der Waals surface area contributed by atoms with E-state index in [0.717, 1.165) is 11.1 Å². The number of carbonyl (C=O) groups is 2. The fraction of sp³-hybridized carbons (Fsp3) is 0.333. The van der Waals surface area contributed by atoms with Gasteiger partial charge < -0.3 is 14.2 Å². The van der Waals surface area contributed by atoms with Crippen molar-refractivity contribution in [2.24, 2.45) is 0 Å². The van der Waals surface area contributed by atoms with Gasteiger partial charge in [0.05, 0.1) is 20.3 Å². The van der Waals surface area contributed by atoms with E-state index < -0.39 is 11.9 Å². The Morgan fingerprint density at radius 3 is 2.22 bits per heavy atom. The van der Waals surface area contributed by atoms with Crippen molar-refractivity contribution in [1.82, 2.24) is 0 Å². The first-order chi connectivity index (χ1) is 11.1.